The van der Waals surface area contributed by atoms with Crippen LogP contribution in [0.15, 0.2) is 0 Å². The van der Waals surface area contributed by atoms with Gasteiger partial charge in [-0.1, -0.05) is 6.92 Å². The van der Waals surface area contributed by atoms with E-state index in [4.69, 9.17) is 5.73 Å². The molecule has 1 heterocycles. The van der Waals surface area contributed by atoms with Crippen LogP contribution >= 0.6 is 0 Å². The number of carbonyl (C=O) groups is 1. The maximum Gasteiger partial charge on any atom is 0.239 e. The molecular formula is C12H23N5O. The predicted octanol–water partition coefficient (Wildman–Crippen LogP) is 0.756. The summed E-state index contributed by atoms with van der Waals surface area (Å²) in [5.41, 5.74) is 7.55. The molecule has 3 N–H and O–H groups in total. The van der Waals surface area contributed by atoms with Crippen LogP contribution in [0, 0.1) is 6.92 Å². The number of amides is 1. The van der Waals surface area contributed by atoms with Gasteiger partial charge >= 0.3 is 0 Å². The van der Waals surface area contributed by atoms with Crippen LogP contribution in [0.4, 0.5) is 11.5 Å². The number of hydrogen-bond acceptors (Lipinski definition) is 4. The molecule has 6 heteroatoms. The molecule has 0 radical (unpaired) electrons. The number of nitrogens with two attached hydrogens (primary N) is 1. The Morgan fingerprint density at radius 3 is 2.67 bits per heavy atom. The van der Waals surface area contributed by atoms with Crippen molar-refractivity contribution in [3.63, 3.8) is 0 Å². The highest BCUT2D eigenvalue weighted by atomic mass is 16.1. The van der Waals surface area contributed by atoms with Crippen LogP contribution in [0.5, 0.6) is 0 Å². The van der Waals surface area contributed by atoms with Gasteiger partial charge in [-0.05, 0) is 20.3 Å². The number of nitrogens with zero attached hydrogens (tertiary/aromatic N) is 3. The topological polar surface area (TPSA) is 76.2 Å². The van der Waals surface area contributed by atoms with Gasteiger partial charge in [0.2, 0.25) is 5.91 Å². The van der Waals surface area contributed by atoms with E-state index in [-0.39, 0.29) is 5.91 Å². The number of hydrogen-bond donors (Lipinski definition) is 2. The van der Waals surface area contributed by atoms with Crippen molar-refractivity contribution in [2.75, 3.05) is 30.8 Å². The van der Waals surface area contributed by atoms with E-state index in [9.17, 15) is 4.79 Å². The maximum absolute atomic E-state index is 11.5. The van der Waals surface area contributed by atoms with Crippen molar-refractivity contribution in [2.24, 2.45) is 0 Å². The summed E-state index contributed by atoms with van der Waals surface area (Å²) in [5.74, 6) is 0.818. The molecule has 0 bridgehead atoms. The molecule has 0 fully saturated rings. The number of nitrogen functional groups attached to an aromatic ring is 1. The minimum atomic E-state index is -0.0295. The number of carbonyl (C=O) groups excluding carboxylic acids is 1. The van der Waals surface area contributed by atoms with Gasteiger partial charge in [0, 0.05) is 20.1 Å². The van der Waals surface area contributed by atoms with E-state index < -0.39 is 0 Å². The summed E-state index contributed by atoms with van der Waals surface area (Å²) in [4.78, 5) is 13.5. The Morgan fingerprint density at radius 2 is 2.17 bits per heavy atom. The Bertz CT molecular complexity index is 413. The highest BCUT2D eigenvalue weighted by molar-refractivity contribution is 5.82. The van der Waals surface area contributed by atoms with Gasteiger partial charge in [0.25, 0.3) is 0 Å². The summed E-state index contributed by atoms with van der Waals surface area (Å²) in [6.45, 7) is 7.79. The van der Waals surface area contributed by atoms with Gasteiger partial charge in [0.05, 0.1) is 17.9 Å². The summed E-state index contributed by atoms with van der Waals surface area (Å²) in [5, 5.41) is 7.05. The van der Waals surface area contributed by atoms with Crippen molar-refractivity contribution in [3.05, 3.63) is 5.69 Å². The van der Waals surface area contributed by atoms with Gasteiger partial charge in [0.15, 0.2) is 5.82 Å². The smallest absolute Gasteiger partial charge is 0.239 e. The van der Waals surface area contributed by atoms with E-state index >= 15 is 0 Å². The lowest BCUT2D eigenvalue weighted by Crippen LogP contribution is -2.37. The maximum atomic E-state index is 11.5. The molecule has 0 aliphatic heterocycles. The number of aromatic nitrogens is 2. The first-order chi connectivity index (χ1) is 8.54. The number of rotatable bonds is 6. The lowest BCUT2D eigenvalue weighted by atomic mass is 10.3. The molecule has 18 heavy (non-hydrogen) atoms. The average Bonchev–Trinajstić information content (AvgIpc) is 2.63. The van der Waals surface area contributed by atoms with Gasteiger partial charge < -0.3 is 16.0 Å². The fourth-order valence-corrected chi connectivity index (χ4v) is 1.87. The number of likely N-dealkylation sites (N-methyl/N-ethyl adjacent to an activating group) is 2. The van der Waals surface area contributed by atoms with Crippen molar-refractivity contribution in [3.8, 4) is 0 Å². The predicted molar refractivity (Wildman–Crippen MR) is 73.6 cm³/mol. The van der Waals surface area contributed by atoms with Crippen LogP contribution in [-0.2, 0) is 11.3 Å². The molecule has 102 valence electrons. The summed E-state index contributed by atoms with van der Waals surface area (Å²) in [6.07, 6.45) is 0.977. The zero-order valence-corrected chi connectivity index (χ0v) is 11.7. The lowest BCUT2D eigenvalue weighted by molar-refractivity contribution is -0.119. The SMILES string of the molecule is CCCn1nc(C)c(N)c1N(CC)CC(=O)NC. The average molecular weight is 253 g/mol. The van der Waals surface area contributed by atoms with Gasteiger partial charge in [-0.2, -0.15) is 5.10 Å². The third-order valence-electron chi connectivity index (χ3n) is 2.88. The van der Waals surface area contributed by atoms with Crippen molar-refractivity contribution in [1.29, 1.82) is 0 Å². The van der Waals surface area contributed by atoms with E-state index in [1.54, 1.807) is 7.05 Å². The second kappa shape index (κ2) is 6.28. The Kier molecular flexibility index (Phi) is 5.00. The largest absolute Gasteiger partial charge is 0.394 e. The number of anilines is 2. The van der Waals surface area contributed by atoms with Crippen LogP contribution in [-0.4, -0.2) is 35.8 Å². The minimum Gasteiger partial charge on any atom is -0.394 e. The molecule has 1 aromatic heterocycles. The Morgan fingerprint density at radius 1 is 1.50 bits per heavy atom. The van der Waals surface area contributed by atoms with Crippen molar-refractivity contribution in [1.82, 2.24) is 15.1 Å². The highest BCUT2D eigenvalue weighted by Crippen LogP contribution is 2.26. The van der Waals surface area contributed by atoms with E-state index in [2.05, 4.69) is 17.3 Å². The van der Waals surface area contributed by atoms with Gasteiger partial charge in [-0.25, -0.2) is 4.68 Å². The van der Waals surface area contributed by atoms with Gasteiger partial charge in [-0.3, -0.25) is 4.79 Å². The van der Waals surface area contributed by atoms with Crippen molar-refractivity contribution >= 4 is 17.4 Å². The zero-order chi connectivity index (χ0) is 13.7. The quantitative estimate of drug-likeness (QED) is 0.784. The molecule has 1 amide bonds. The van der Waals surface area contributed by atoms with Crippen molar-refractivity contribution < 1.29 is 4.79 Å². The molecule has 0 aliphatic rings. The molecule has 6 nitrogen and oxygen atoms in total. The normalized spacial score (nSPS) is 10.4. The summed E-state index contributed by atoms with van der Waals surface area (Å²) >= 11 is 0. The van der Waals surface area contributed by atoms with E-state index in [1.807, 2.05) is 23.4 Å². The molecule has 0 atom stereocenters. The fourth-order valence-electron chi connectivity index (χ4n) is 1.87. The van der Waals surface area contributed by atoms with Crippen LogP contribution in [0.1, 0.15) is 26.0 Å². The monoisotopic (exact) mass is 253 g/mol. The number of nitrogens with one attached hydrogen (secondary N) is 1. The van der Waals surface area contributed by atoms with Crippen LogP contribution < -0.4 is 16.0 Å². The van der Waals surface area contributed by atoms with Crippen LogP contribution in [0.2, 0.25) is 0 Å². The second-order valence-corrected chi connectivity index (χ2v) is 4.23. The molecule has 0 unspecified atom stereocenters. The molecule has 1 rings (SSSR count). The van der Waals surface area contributed by atoms with Crippen LogP contribution in [0.25, 0.3) is 0 Å². The zero-order valence-electron chi connectivity index (χ0n) is 11.7. The lowest BCUT2D eigenvalue weighted by Gasteiger charge is -2.23. The molecule has 0 aromatic carbocycles. The first-order valence-corrected chi connectivity index (χ1v) is 6.33. The highest BCUT2D eigenvalue weighted by Gasteiger charge is 2.19. The summed E-state index contributed by atoms with van der Waals surface area (Å²) in [6, 6.07) is 0. The first kappa shape index (κ1) is 14.3. The minimum absolute atomic E-state index is 0.0295. The van der Waals surface area contributed by atoms with E-state index in [0.29, 0.717) is 18.8 Å². The first-order valence-electron chi connectivity index (χ1n) is 6.33. The molecule has 1 aromatic rings. The number of aryl methyl sites for hydroxylation is 2. The third kappa shape index (κ3) is 2.94. The van der Waals surface area contributed by atoms with Crippen molar-refractivity contribution in [2.45, 2.75) is 33.7 Å². The van der Waals surface area contributed by atoms with Crippen LogP contribution in [0.3, 0.4) is 0 Å². The summed E-state index contributed by atoms with van der Waals surface area (Å²) in [7, 11) is 1.63. The van der Waals surface area contributed by atoms with Gasteiger partial charge in [0.1, 0.15) is 0 Å². The Hall–Kier alpha value is -1.72. The van der Waals surface area contributed by atoms with E-state index in [0.717, 1.165) is 24.5 Å². The molecule has 0 spiro atoms. The van der Waals surface area contributed by atoms with E-state index in [1.165, 1.54) is 0 Å². The molecule has 0 saturated carbocycles. The fraction of sp³-hybridized carbons (Fsp3) is 0.667. The molecule has 0 aliphatic carbocycles. The Labute approximate surface area is 108 Å². The standard InChI is InChI=1S/C12H23N5O/c1-5-7-17-12(11(13)9(3)15-17)16(6-2)8-10(18)14-4/h5-8,13H2,1-4H3,(H,14,18). The third-order valence-corrected chi connectivity index (χ3v) is 2.88. The second-order valence-electron chi connectivity index (χ2n) is 4.23. The Balaban J connectivity index is 3.06. The van der Waals surface area contributed by atoms with Gasteiger partial charge in [-0.15, -0.1) is 0 Å². The molecular weight excluding hydrogens is 230 g/mol. The summed E-state index contributed by atoms with van der Waals surface area (Å²) < 4.78 is 1.89. The molecule has 0 saturated heterocycles.